The molecule has 1 aromatic carbocycles. The standard InChI is InChI=1S/C19H27FN6O.HI/c1-14-7-8-15(12-16(14)20)13-23-18(21-2)22-9-5-11-26-19(27)25-10-4-3-6-17(25)24-26;/h7-8,12H,3-6,9-11,13H2,1-2H3,(H2,21,22,23);1H. The second kappa shape index (κ2) is 10.6. The number of rotatable bonds is 6. The van der Waals surface area contributed by atoms with Gasteiger partial charge in [0.05, 0.1) is 0 Å². The first-order chi connectivity index (χ1) is 13.1. The van der Waals surface area contributed by atoms with E-state index >= 15 is 0 Å². The number of fused-ring (bicyclic) bond motifs is 1. The molecule has 2 heterocycles. The van der Waals surface area contributed by atoms with Gasteiger partial charge in [0.25, 0.3) is 0 Å². The molecule has 1 aliphatic heterocycles. The minimum Gasteiger partial charge on any atom is -0.356 e. The first-order valence-electron chi connectivity index (χ1n) is 9.44. The molecule has 0 spiro atoms. The lowest BCUT2D eigenvalue weighted by atomic mass is 10.1. The van der Waals surface area contributed by atoms with Gasteiger partial charge in [0, 0.05) is 39.6 Å². The van der Waals surface area contributed by atoms with Crippen LogP contribution in [-0.2, 0) is 26.1 Å². The van der Waals surface area contributed by atoms with Crippen LogP contribution in [0.1, 0.15) is 36.2 Å². The van der Waals surface area contributed by atoms with Gasteiger partial charge in [-0.05, 0) is 43.4 Å². The van der Waals surface area contributed by atoms with Crippen LogP contribution in [0.2, 0.25) is 0 Å². The number of aryl methyl sites for hydroxylation is 3. The summed E-state index contributed by atoms with van der Waals surface area (Å²) >= 11 is 0. The fourth-order valence-electron chi connectivity index (χ4n) is 3.18. The molecule has 0 unspecified atom stereocenters. The number of hydrogen-bond acceptors (Lipinski definition) is 3. The van der Waals surface area contributed by atoms with Crippen LogP contribution < -0.4 is 16.3 Å². The predicted octanol–water partition coefficient (Wildman–Crippen LogP) is 2.20. The first-order valence-corrected chi connectivity index (χ1v) is 9.44. The molecule has 0 fully saturated rings. The van der Waals surface area contributed by atoms with Crippen LogP contribution >= 0.6 is 24.0 Å². The third kappa shape index (κ3) is 5.55. The molecule has 2 N–H and O–H groups in total. The Morgan fingerprint density at radius 1 is 1.32 bits per heavy atom. The molecule has 7 nitrogen and oxygen atoms in total. The number of nitrogens with one attached hydrogen (secondary N) is 2. The summed E-state index contributed by atoms with van der Waals surface area (Å²) in [5.74, 6) is 1.35. The van der Waals surface area contributed by atoms with Crippen LogP contribution in [0.3, 0.4) is 0 Å². The van der Waals surface area contributed by atoms with Gasteiger partial charge >= 0.3 is 5.69 Å². The molecular formula is C19H28FIN6O. The molecule has 0 bridgehead atoms. The number of hydrogen-bond donors (Lipinski definition) is 2. The van der Waals surface area contributed by atoms with Gasteiger partial charge in [-0.1, -0.05) is 12.1 Å². The number of nitrogens with zero attached hydrogens (tertiary/aromatic N) is 4. The van der Waals surface area contributed by atoms with Crippen LogP contribution in [0.25, 0.3) is 0 Å². The molecule has 28 heavy (non-hydrogen) atoms. The molecule has 9 heteroatoms. The highest BCUT2D eigenvalue weighted by molar-refractivity contribution is 14.0. The lowest BCUT2D eigenvalue weighted by Gasteiger charge is -2.12. The summed E-state index contributed by atoms with van der Waals surface area (Å²) in [5, 5.41) is 10.8. The van der Waals surface area contributed by atoms with E-state index in [1.165, 1.54) is 6.07 Å². The van der Waals surface area contributed by atoms with E-state index in [0.29, 0.717) is 31.2 Å². The molecule has 0 radical (unpaired) electrons. The number of aliphatic imine (C=N–C) groups is 1. The average molecular weight is 502 g/mol. The van der Waals surface area contributed by atoms with Gasteiger partial charge in [0.15, 0.2) is 5.96 Å². The summed E-state index contributed by atoms with van der Waals surface area (Å²) in [6.45, 7) is 4.25. The van der Waals surface area contributed by atoms with Gasteiger partial charge in [-0.15, -0.1) is 24.0 Å². The maximum absolute atomic E-state index is 13.6. The summed E-state index contributed by atoms with van der Waals surface area (Å²) in [5.41, 5.74) is 1.49. The van der Waals surface area contributed by atoms with Gasteiger partial charge in [0.1, 0.15) is 11.6 Å². The van der Waals surface area contributed by atoms with Gasteiger partial charge in [0.2, 0.25) is 0 Å². The Bertz CT molecular complexity index is 876. The van der Waals surface area contributed by atoms with Gasteiger partial charge < -0.3 is 10.6 Å². The fraction of sp³-hybridized carbons (Fsp3) is 0.526. The zero-order chi connectivity index (χ0) is 19.2. The Balaban J connectivity index is 0.00000280. The van der Waals surface area contributed by atoms with Crippen molar-refractivity contribution in [3.8, 4) is 0 Å². The summed E-state index contributed by atoms with van der Waals surface area (Å²) in [6, 6.07) is 5.19. The van der Waals surface area contributed by atoms with E-state index in [-0.39, 0.29) is 35.5 Å². The highest BCUT2D eigenvalue weighted by atomic mass is 127. The Kier molecular flexibility index (Phi) is 8.46. The molecule has 154 valence electrons. The van der Waals surface area contributed by atoms with Crippen LogP contribution in [0.15, 0.2) is 28.0 Å². The second-order valence-corrected chi connectivity index (χ2v) is 6.82. The van der Waals surface area contributed by atoms with E-state index in [4.69, 9.17) is 0 Å². The van der Waals surface area contributed by atoms with E-state index in [1.54, 1.807) is 29.3 Å². The molecule has 0 aliphatic carbocycles. The third-order valence-electron chi connectivity index (χ3n) is 4.79. The number of halogens is 2. The molecule has 2 aromatic rings. The molecule has 3 rings (SSSR count). The van der Waals surface area contributed by atoms with E-state index < -0.39 is 0 Å². The number of benzene rings is 1. The Hall–Kier alpha value is -1.91. The van der Waals surface area contributed by atoms with E-state index in [1.807, 2.05) is 6.07 Å². The largest absolute Gasteiger partial charge is 0.356 e. The van der Waals surface area contributed by atoms with E-state index in [2.05, 4.69) is 20.7 Å². The molecule has 0 atom stereocenters. The van der Waals surface area contributed by atoms with Crippen LogP contribution in [0.5, 0.6) is 0 Å². The lowest BCUT2D eigenvalue weighted by Crippen LogP contribution is -2.38. The molecular weight excluding hydrogens is 474 g/mol. The number of aromatic nitrogens is 3. The molecule has 0 saturated carbocycles. The molecule has 0 amide bonds. The SMILES string of the molecule is CN=C(NCCCn1nc2n(c1=O)CCCC2)NCc1ccc(C)c(F)c1.I. The van der Waals surface area contributed by atoms with Gasteiger partial charge in [-0.25, -0.2) is 13.9 Å². The highest BCUT2D eigenvalue weighted by Gasteiger charge is 2.16. The maximum Gasteiger partial charge on any atom is 0.345 e. The minimum absolute atomic E-state index is 0. The quantitative estimate of drug-likeness (QED) is 0.275. The van der Waals surface area contributed by atoms with Crippen molar-refractivity contribution in [1.29, 1.82) is 0 Å². The van der Waals surface area contributed by atoms with Crippen molar-refractivity contribution < 1.29 is 4.39 Å². The average Bonchev–Trinajstić information content (AvgIpc) is 3.00. The normalized spacial score (nSPS) is 13.6. The summed E-state index contributed by atoms with van der Waals surface area (Å²) in [6.07, 6.45) is 3.80. The lowest BCUT2D eigenvalue weighted by molar-refractivity contribution is 0.509. The fourth-order valence-corrected chi connectivity index (χ4v) is 3.18. The molecule has 1 aliphatic rings. The summed E-state index contributed by atoms with van der Waals surface area (Å²) in [7, 11) is 1.69. The highest BCUT2D eigenvalue weighted by Crippen LogP contribution is 2.10. The smallest absolute Gasteiger partial charge is 0.345 e. The van der Waals surface area contributed by atoms with Crippen molar-refractivity contribution in [1.82, 2.24) is 25.0 Å². The molecule has 0 saturated heterocycles. The number of guanidine groups is 1. The Morgan fingerprint density at radius 2 is 2.14 bits per heavy atom. The van der Waals surface area contributed by atoms with Crippen molar-refractivity contribution in [2.75, 3.05) is 13.6 Å². The Labute approximate surface area is 181 Å². The molecule has 1 aromatic heterocycles. The van der Waals surface area contributed by atoms with E-state index in [9.17, 15) is 9.18 Å². The van der Waals surface area contributed by atoms with Crippen LogP contribution in [-0.4, -0.2) is 33.9 Å². The van der Waals surface area contributed by atoms with Crippen molar-refractivity contribution in [3.63, 3.8) is 0 Å². The van der Waals surface area contributed by atoms with Crippen LogP contribution in [0, 0.1) is 12.7 Å². The van der Waals surface area contributed by atoms with Crippen molar-refractivity contribution in [2.45, 2.75) is 52.2 Å². The topological polar surface area (TPSA) is 76.2 Å². The summed E-state index contributed by atoms with van der Waals surface area (Å²) in [4.78, 5) is 16.5. The zero-order valence-corrected chi connectivity index (χ0v) is 18.7. The minimum atomic E-state index is -0.203. The van der Waals surface area contributed by atoms with Crippen molar-refractivity contribution in [2.24, 2.45) is 4.99 Å². The third-order valence-corrected chi connectivity index (χ3v) is 4.79. The van der Waals surface area contributed by atoms with E-state index in [0.717, 1.165) is 43.6 Å². The zero-order valence-electron chi connectivity index (χ0n) is 16.4. The predicted molar refractivity (Wildman–Crippen MR) is 119 cm³/mol. The summed E-state index contributed by atoms with van der Waals surface area (Å²) < 4.78 is 17.0. The Morgan fingerprint density at radius 3 is 2.86 bits per heavy atom. The maximum atomic E-state index is 13.6. The van der Waals surface area contributed by atoms with Crippen LogP contribution in [0.4, 0.5) is 4.39 Å². The van der Waals surface area contributed by atoms with Gasteiger partial charge in [-0.3, -0.25) is 9.56 Å². The second-order valence-electron chi connectivity index (χ2n) is 6.82. The van der Waals surface area contributed by atoms with Crippen molar-refractivity contribution in [3.05, 3.63) is 51.5 Å². The monoisotopic (exact) mass is 502 g/mol. The first kappa shape index (κ1) is 22.4. The van der Waals surface area contributed by atoms with Gasteiger partial charge in [-0.2, -0.15) is 5.10 Å². The van der Waals surface area contributed by atoms with Crippen molar-refractivity contribution >= 4 is 29.9 Å².